The number of aromatic nitrogens is 2. The Hall–Kier alpha value is -0.813. The van der Waals surface area contributed by atoms with Gasteiger partial charge in [0.2, 0.25) is 0 Å². The van der Waals surface area contributed by atoms with Gasteiger partial charge in [-0.15, -0.1) is 0 Å². The lowest BCUT2D eigenvalue weighted by atomic mass is 9.90. The van der Waals surface area contributed by atoms with Crippen molar-refractivity contribution in [1.82, 2.24) is 9.55 Å². The zero-order chi connectivity index (χ0) is 20.2. The lowest BCUT2D eigenvalue weighted by molar-refractivity contribution is -0.0284. The van der Waals surface area contributed by atoms with Gasteiger partial charge in [0.25, 0.3) is 5.56 Å². The summed E-state index contributed by atoms with van der Waals surface area (Å²) in [5, 5.41) is 0. The molecule has 1 N–H and O–H groups in total. The number of benzene rings is 1. The van der Waals surface area contributed by atoms with E-state index >= 15 is 0 Å². The van der Waals surface area contributed by atoms with Gasteiger partial charge in [0.1, 0.15) is 10.3 Å². The van der Waals surface area contributed by atoms with E-state index in [2.05, 4.69) is 61.4 Å². The van der Waals surface area contributed by atoms with Gasteiger partial charge in [-0.2, -0.15) is 0 Å². The zero-order valence-corrected chi connectivity index (χ0v) is 20.5. The summed E-state index contributed by atoms with van der Waals surface area (Å²) >= 11 is 7.47. The molecule has 148 valence electrons. The molecule has 2 rings (SSSR count). The van der Waals surface area contributed by atoms with Crippen molar-refractivity contribution in [1.29, 1.82) is 0 Å². The molecule has 0 aliphatic heterocycles. The first kappa shape index (κ1) is 22.5. The fourth-order valence-electron chi connectivity index (χ4n) is 2.62. The number of nitrogens with zero attached hydrogens (tertiary/aromatic N) is 1. The van der Waals surface area contributed by atoms with Crippen molar-refractivity contribution in [2.75, 3.05) is 6.61 Å². The quantitative estimate of drug-likeness (QED) is 0.332. The van der Waals surface area contributed by atoms with Crippen LogP contribution in [-0.4, -0.2) is 31.3 Å². The van der Waals surface area contributed by atoms with Crippen LogP contribution in [0, 0.1) is 13.8 Å². The number of hydrogen-bond acceptors (Lipinski definition) is 4. The van der Waals surface area contributed by atoms with Crippen LogP contribution in [0.25, 0.3) is 11.3 Å². The molecule has 1 heterocycles. The van der Waals surface area contributed by atoms with Crippen LogP contribution in [0.5, 0.6) is 0 Å². The summed E-state index contributed by atoms with van der Waals surface area (Å²) in [5.74, 6) is 0. The van der Waals surface area contributed by atoms with Crippen LogP contribution in [0.2, 0.25) is 13.1 Å². The summed E-state index contributed by atoms with van der Waals surface area (Å²) in [6.45, 7) is 11.5. The highest BCUT2D eigenvalue weighted by Gasteiger charge is 2.26. The molecule has 27 heavy (non-hydrogen) atoms. The molecule has 5 nitrogen and oxygen atoms in total. The molecule has 1 aromatic carbocycles. The monoisotopic (exact) mass is 518 g/mol. The number of rotatable bonds is 7. The summed E-state index contributed by atoms with van der Waals surface area (Å²) in [4.78, 5) is 14.9. The van der Waals surface area contributed by atoms with E-state index in [0.717, 1.165) is 11.3 Å². The first-order chi connectivity index (χ1) is 12.6. The Bertz CT molecular complexity index is 875. The fourth-order valence-corrected chi connectivity index (χ4v) is 4.74. The van der Waals surface area contributed by atoms with Gasteiger partial charge in [0, 0.05) is 0 Å². The van der Waals surface area contributed by atoms with Crippen LogP contribution >= 0.6 is 34.8 Å². The number of ether oxygens (including phenoxy) is 1. The minimum Gasteiger partial charge on any atom is -0.415 e. The molecule has 0 aliphatic rings. The maximum Gasteiger partial charge on any atom is 0.265 e. The van der Waals surface area contributed by atoms with E-state index in [-0.39, 0.29) is 23.8 Å². The molecular formula is C19H27IN2O3SSi. The fraction of sp³-hybridized carbons (Fsp3) is 0.474. The lowest BCUT2D eigenvalue weighted by Gasteiger charge is -2.32. The summed E-state index contributed by atoms with van der Waals surface area (Å²) in [6.07, 6.45) is 0.0142. The van der Waals surface area contributed by atoms with E-state index in [1.807, 2.05) is 34.9 Å². The average Bonchev–Trinajstić information content (AvgIpc) is 2.58. The van der Waals surface area contributed by atoms with E-state index < -0.39 is 9.04 Å². The lowest BCUT2D eigenvalue weighted by Crippen LogP contribution is -2.37. The highest BCUT2D eigenvalue weighted by Crippen LogP contribution is 2.25. The van der Waals surface area contributed by atoms with Crippen molar-refractivity contribution < 1.29 is 9.16 Å². The second-order valence-electron chi connectivity index (χ2n) is 7.76. The second kappa shape index (κ2) is 9.60. The van der Waals surface area contributed by atoms with Gasteiger partial charge in [0.15, 0.2) is 13.8 Å². The van der Waals surface area contributed by atoms with Crippen LogP contribution < -0.4 is 5.56 Å². The molecule has 0 aliphatic carbocycles. The highest BCUT2D eigenvalue weighted by atomic mass is 127. The van der Waals surface area contributed by atoms with E-state index in [4.69, 9.17) is 21.4 Å². The standard InChI is InChI=1S/C19H27IN2O3SSi/c1-19(2,3)14(25-27(4)5)11-24-12-22-16(13-9-7-6-8-10-13)15(20)17(23)21-18(22)26/h6-10,14,27H,11-12H2,1-5H3,(H,21,23,26). The molecule has 1 unspecified atom stereocenters. The van der Waals surface area contributed by atoms with Crippen molar-refractivity contribution in [3.05, 3.63) is 49.0 Å². The number of aromatic amines is 1. The third-order valence-electron chi connectivity index (χ3n) is 4.08. The topological polar surface area (TPSA) is 56.2 Å². The molecule has 0 saturated heterocycles. The third-order valence-corrected chi connectivity index (χ3v) is 6.28. The highest BCUT2D eigenvalue weighted by molar-refractivity contribution is 14.1. The molecule has 0 fully saturated rings. The van der Waals surface area contributed by atoms with Gasteiger partial charge in [-0.05, 0) is 58.9 Å². The summed E-state index contributed by atoms with van der Waals surface area (Å²) in [5.41, 5.74) is 1.51. The van der Waals surface area contributed by atoms with Crippen LogP contribution in [-0.2, 0) is 15.9 Å². The van der Waals surface area contributed by atoms with Gasteiger partial charge >= 0.3 is 0 Å². The molecule has 8 heteroatoms. The smallest absolute Gasteiger partial charge is 0.265 e. The molecule has 1 aromatic heterocycles. The molecule has 0 bridgehead atoms. The second-order valence-corrected chi connectivity index (χ2v) is 11.6. The van der Waals surface area contributed by atoms with Crippen molar-refractivity contribution in [3.63, 3.8) is 0 Å². The van der Waals surface area contributed by atoms with Gasteiger partial charge in [-0.1, -0.05) is 51.1 Å². The molecule has 0 saturated carbocycles. The Labute approximate surface area is 181 Å². The van der Waals surface area contributed by atoms with Crippen LogP contribution in [0.3, 0.4) is 0 Å². The maximum atomic E-state index is 12.2. The zero-order valence-electron chi connectivity index (χ0n) is 16.4. The number of hydrogen-bond donors (Lipinski definition) is 1. The molecule has 0 radical (unpaired) electrons. The maximum absolute atomic E-state index is 12.2. The molecule has 1 atom stereocenters. The van der Waals surface area contributed by atoms with Gasteiger partial charge in [-0.25, -0.2) is 0 Å². The van der Waals surface area contributed by atoms with E-state index in [1.54, 1.807) is 0 Å². The van der Waals surface area contributed by atoms with Crippen LogP contribution in [0.1, 0.15) is 20.8 Å². The van der Waals surface area contributed by atoms with Crippen molar-refractivity contribution in [2.45, 2.75) is 46.7 Å². The summed E-state index contributed by atoms with van der Waals surface area (Å²) in [6, 6.07) is 9.76. The van der Waals surface area contributed by atoms with Gasteiger partial charge in [0.05, 0.1) is 18.4 Å². The minimum atomic E-state index is -1.18. The van der Waals surface area contributed by atoms with E-state index in [1.165, 1.54) is 0 Å². The molecule has 0 spiro atoms. The first-order valence-corrected chi connectivity index (χ1v) is 13.2. The van der Waals surface area contributed by atoms with Crippen molar-refractivity contribution >= 4 is 43.8 Å². The summed E-state index contributed by atoms with van der Waals surface area (Å²) < 4.78 is 15.0. The molecule has 0 amide bonds. The Morgan fingerprint density at radius 1 is 1.26 bits per heavy atom. The normalized spacial score (nSPS) is 13.1. The predicted octanol–water partition coefficient (Wildman–Crippen LogP) is 4.57. The molecule has 2 aromatic rings. The molecular weight excluding hydrogens is 491 g/mol. The Balaban J connectivity index is 2.30. The third kappa shape index (κ3) is 6.08. The first-order valence-electron chi connectivity index (χ1n) is 8.92. The van der Waals surface area contributed by atoms with Gasteiger partial charge in [-0.3, -0.25) is 14.3 Å². The number of halogens is 1. The average molecular weight is 518 g/mol. The Morgan fingerprint density at radius 3 is 2.44 bits per heavy atom. The largest absolute Gasteiger partial charge is 0.415 e. The van der Waals surface area contributed by atoms with Gasteiger partial charge < -0.3 is 9.16 Å². The number of nitrogens with one attached hydrogen (secondary N) is 1. The van der Waals surface area contributed by atoms with Crippen molar-refractivity contribution in [3.8, 4) is 11.3 Å². The van der Waals surface area contributed by atoms with E-state index in [9.17, 15) is 4.79 Å². The predicted molar refractivity (Wildman–Crippen MR) is 123 cm³/mol. The number of H-pyrrole nitrogens is 1. The van der Waals surface area contributed by atoms with E-state index in [0.29, 0.717) is 14.9 Å². The van der Waals surface area contributed by atoms with Crippen molar-refractivity contribution in [2.24, 2.45) is 5.41 Å². The summed E-state index contributed by atoms with van der Waals surface area (Å²) in [7, 11) is -1.18. The Morgan fingerprint density at radius 2 is 1.89 bits per heavy atom. The van der Waals surface area contributed by atoms with Crippen LogP contribution in [0.4, 0.5) is 0 Å². The minimum absolute atomic E-state index is 0.0135. The van der Waals surface area contributed by atoms with Crippen LogP contribution in [0.15, 0.2) is 35.1 Å². The SMILES string of the molecule is C[SiH](C)OC(COCn1c(-c2ccccc2)c(I)c(=O)[nH]c1=S)C(C)(C)C. The Kier molecular flexibility index (Phi) is 7.99.